The van der Waals surface area contributed by atoms with Crippen LogP contribution in [0.1, 0.15) is 39.3 Å². The maximum Gasteiger partial charge on any atom is 0.216 e. The molecule has 1 aromatic rings. The van der Waals surface area contributed by atoms with E-state index < -0.39 is 0 Å². The molecule has 0 saturated heterocycles. The average Bonchev–Trinajstić information content (AvgIpc) is 2.71. The van der Waals surface area contributed by atoms with Crippen LogP contribution < -0.4 is 5.32 Å². The molecule has 0 aliphatic heterocycles. The topological polar surface area (TPSA) is 53.7 Å². The molecule has 0 aliphatic rings. The molecule has 1 heterocycles. The molecule has 0 saturated carbocycles. The minimum atomic E-state index is -0.0129. The third-order valence-corrected chi connectivity index (χ3v) is 2.42. The fraction of sp³-hybridized carbons (Fsp3) is 0.692. The molecular weight excluding hydrogens is 355 g/mol. The summed E-state index contributed by atoms with van der Waals surface area (Å²) >= 11 is 0. The van der Waals surface area contributed by atoms with E-state index in [1.54, 1.807) is 6.20 Å². The van der Waals surface area contributed by atoms with E-state index in [-0.39, 0.29) is 29.4 Å². The number of rotatable bonds is 3. The lowest BCUT2D eigenvalue weighted by molar-refractivity contribution is 0.383. The zero-order chi connectivity index (χ0) is 13.8. The molecule has 1 aromatic heterocycles. The van der Waals surface area contributed by atoms with Crippen molar-refractivity contribution in [1.82, 2.24) is 15.2 Å². The number of oxazole rings is 1. The van der Waals surface area contributed by atoms with Crippen molar-refractivity contribution in [1.29, 1.82) is 0 Å². The first-order valence-corrected chi connectivity index (χ1v) is 6.25. The van der Waals surface area contributed by atoms with Crippen LogP contribution in [0.2, 0.25) is 0 Å². The molecule has 1 rings (SSSR count). The summed E-state index contributed by atoms with van der Waals surface area (Å²) in [5.41, 5.74) is -0.0129. The molecule has 1 N–H and O–H groups in total. The van der Waals surface area contributed by atoms with Crippen LogP contribution in [0.3, 0.4) is 0 Å². The van der Waals surface area contributed by atoms with Crippen molar-refractivity contribution in [3.8, 4) is 0 Å². The van der Waals surface area contributed by atoms with E-state index in [1.165, 1.54) is 0 Å². The zero-order valence-corrected chi connectivity index (χ0v) is 15.0. The Bertz CT molecular complexity index is 407. The molecule has 0 unspecified atom stereocenters. The molecular formula is C13H25IN4O. The third kappa shape index (κ3) is 5.80. The normalized spacial score (nSPS) is 12.0. The summed E-state index contributed by atoms with van der Waals surface area (Å²) in [6, 6.07) is 0. The maximum atomic E-state index is 5.69. The summed E-state index contributed by atoms with van der Waals surface area (Å²) in [5.74, 6) is 2.38. The number of nitrogens with one attached hydrogen (secondary N) is 1. The first kappa shape index (κ1) is 18.2. The van der Waals surface area contributed by atoms with E-state index in [0.717, 1.165) is 18.3 Å². The Morgan fingerprint density at radius 2 is 2.05 bits per heavy atom. The van der Waals surface area contributed by atoms with Crippen LogP contribution in [0.4, 0.5) is 0 Å². The SMILES string of the molecule is CCNC(=NCc1ncc(C(C)(C)C)o1)N(C)C.I. The zero-order valence-electron chi connectivity index (χ0n) is 12.6. The van der Waals surface area contributed by atoms with Gasteiger partial charge in [0.2, 0.25) is 5.89 Å². The summed E-state index contributed by atoms with van der Waals surface area (Å²) in [7, 11) is 3.91. The Kier molecular flexibility index (Phi) is 7.39. The predicted molar refractivity (Wildman–Crippen MR) is 89.1 cm³/mol. The lowest BCUT2D eigenvalue weighted by atomic mass is 9.94. The van der Waals surface area contributed by atoms with Gasteiger partial charge in [-0.05, 0) is 6.92 Å². The predicted octanol–water partition coefficient (Wildman–Crippen LogP) is 2.62. The fourth-order valence-electron chi connectivity index (χ4n) is 1.39. The Hall–Kier alpha value is -0.790. The molecule has 110 valence electrons. The van der Waals surface area contributed by atoms with Gasteiger partial charge in [0, 0.05) is 26.1 Å². The number of nitrogens with zero attached hydrogens (tertiary/aromatic N) is 3. The minimum absolute atomic E-state index is 0. The largest absolute Gasteiger partial charge is 0.443 e. The fourth-order valence-corrected chi connectivity index (χ4v) is 1.39. The number of aliphatic imine (C=N–C) groups is 1. The number of halogens is 1. The summed E-state index contributed by atoms with van der Waals surface area (Å²) in [6.45, 7) is 9.65. The van der Waals surface area contributed by atoms with Crippen molar-refractivity contribution in [2.24, 2.45) is 4.99 Å². The number of hydrogen-bond donors (Lipinski definition) is 1. The second-order valence-electron chi connectivity index (χ2n) is 5.43. The Labute approximate surface area is 132 Å². The van der Waals surface area contributed by atoms with Gasteiger partial charge in [-0.1, -0.05) is 20.8 Å². The molecule has 0 aromatic carbocycles. The van der Waals surface area contributed by atoms with Crippen LogP contribution in [0.5, 0.6) is 0 Å². The van der Waals surface area contributed by atoms with E-state index >= 15 is 0 Å². The van der Waals surface area contributed by atoms with Gasteiger partial charge in [0.25, 0.3) is 0 Å². The van der Waals surface area contributed by atoms with Crippen LogP contribution >= 0.6 is 24.0 Å². The first-order valence-electron chi connectivity index (χ1n) is 6.25. The van der Waals surface area contributed by atoms with Gasteiger partial charge >= 0.3 is 0 Å². The molecule has 0 spiro atoms. The third-order valence-electron chi connectivity index (χ3n) is 2.42. The second-order valence-corrected chi connectivity index (χ2v) is 5.43. The second kappa shape index (κ2) is 7.72. The monoisotopic (exact) mass is 380 g/mol. The maximum absolute atomic E-state index is 5.69. The molecule has 0 atom stereocenters. The molecule has 19 heavy (non-hydrogen) atoms. The van der Waals surface area contributed by atoms with Crippen LogP contribution in [0.25, 0.3) is 0 Å². The lowest BCUT2D eigenvalue weighted by Crippen LogP contribution is -2.36. The van der Waals surface area contributed by atoms with E-state index in [4.69, 9.17) is 4.42 Å². The van der Waals surface area contributed by atoms with Gasteiger partial charge in [0.1, 0.15) is 12.3 Å². The Balaban J connectivity index is 0.00000324. The molecule has 0 radical (unpaired) electrons. The highest BCUT2D eigenvalue weighted by atomic mass is 127. The van der Waals surface area contributed by atoms with Crippen molar-refractivity contribution in [3.05, 3.63) is 17.8 Å². The Morgan fingerprint density at radius 1 is 1.42 bits per heavy atom. The number of aromatic nitrogens is 1. The van der Waals surface area contributed by atoms with Crippen molar-refractivity contribution in [2.45, 2.75) is 39.7 Å². The summed E-state index contributed by atoms with van der Waals surface area (Å²) in [6.07, 6.45) is 1.79. The van der Waals surface area contributed by atoms with Crippen LogP contribution in [0.15, 0.2) is 15.6 Å². The van der Waals surface area contributed by atoms with Gasteiger partial charge in [0.15, 0.2) is 5.96 Å². The van der Waals surface area contributed by atoms with E-state index in [1.807, 2.05) is 25.9 Å². The molecule has 6 heteroatoms. The molecule has 0 amide bonds. The van der Waals surface area contributed by atoms with Gasteiger partial charge < -0.3 is 14.6 Å². The summed E-state index contributed by atoms with van der Waals surface area (Å²) in [4.78, 5) is 10.6. The quantitative estimate of drug-likeness (QED) is 0.498. The van der Waals surface area contributed by atoms with Crippen molar-refractivity contribution in [3.63, 3.8) is 0 Å². The minimum Gasteiger partial charge on any atom is -0.443 e. The van der Waals surface area contributed by atoms with Gasteiger partial charge in [-0.15, -0.1) is 24.0 Å². The molecule has 0 aliphatic carbocycles. The van der Waals surface area contributed by atoms with Crippen LogP contribution in [-0.2, 0) is 12.0 Å². The smallest absolute Gasteiger partial charge is 0.216 e. The highest BCUT2D eigenvalue weighted by Gasteiger charge is 2.18. The van der Waals surface area contributed by atoms with Crippen LogP contribution in [-0.4, -0.2) is 36.5 Å². The van der Waals surface area contributed by atoms with Gasteiger partial charge in [-0.2, -0.15) is 0 Å². The lowest BCUT2D eigenvalue weighted by Gasteiger charge is -2.16. The van der Waals surface area contributed by atoms with Gasteiger partial charge in [-0.25, -0.2) is 9.98 Å². The number of guanidine groups is 1. The highest BCUT2D eigenvalue weighted by Crippen LogP contribution is 2.22. The summed E-state index contributed by atoms with van der Waals surface area (Å²) < 4.78 is 5.69. The highest BCUT2D eigenvalue weighted by molar-refractivity contribution is 14.0. The molecule has 0 fully saturated rings. The van der Waals surface area contributed by atoms with Crippen LogP contribution in [0, 0.1) is 0 Å². The molecule has 0 bridgehead atoms. The van der Waals surface area contributed by atoms with E-state index in [9.17, 15) is 0 Å². The van der Waals surface area contributed by atoms with Crippen molar-refractivity contribution >= 4 is 29.9 Å². The van der Waals surface area contributed by atoms with E-state index in [0.29, 0.717) is 12.4 Å². The standard InChI is InChI=1S/C13H24N4O.HI/c1-7-14-12(17(5)6)16-9-11-15-8-10(18-11)13(2,3)4;/h8H,7,9H2,1-6H3,(H,14,16);1H. The average molecular weight is 380 g/mol. The molecule has 5 nitrogen and oxygen atoms in total. The van der Waals surface area contributed by atoms with Gasteiger partial charge in [-0.3, -0.25) is 0 Å². The van der Waals surface area contributed by atoms with Crippen molar-refractivity contribution < 1.29 is 4.42 Å². The Morgan fingerprint density at radius 3 is 2.47 bits per heavy atom. The number of hydrogen-bond acceptors (Lipinski definition) is 3. The van der Waals surface area contributed by atoms with Gasteiger partial charge in [0.05, 0.1) is 6.20 Å². The first-order chi connectivity index (χ1) is 8.34. The van der Waals surface area contributed by atoms with E-state index in [2.05, 4.69) is 36.1 Å². The van der Waals surface area contributed by atoms with Crippen molar-refractivity contribution in [2.75, 3.05) is 20.6 Å². The summed E-state index contributed by atoms with van der Waals surface area (Å²) in [5, 5.41) is 3.20.